The summed E-state index contributed by atoms with van der Waals surface area (Å²) in [5.41, 5.74) is 15.8. The SMILES string of the molecule is c1ccc(-n2c3ccccc3c3ccccc32)c(-c2ccc3c(c2)Oc2cccc4c2B3Oc2ccc(-c3ccccc3-n3c5ccccc5c5ccccc53)cc2-4)c1. The van der Waals surface area contributed by atoms with E-state index in [-0.39, 0.29) is 6.92 Å². The number of ether oxygens (including phenoxy) is 1. The lowest BCUT2D eigenvalue weighted by Gasteiger charge is -2.33. The van der Waals surface area contributed by atoms with Crippen LogP contribution in [0.4, 0.5) is 0 Å². The smallest absolute Gasteiger partial charge is 0.434 e. The van der Waals surface area contributed by atoms with E-state index in [1.54, 1.807) is 0 Å². The number of hydrogen-bond acceptors (Lipinski definition) is 2. The highest BCUT2D eigenvalue weighted by Gasteiger charge is 2.41. The van der Waals surface area contributed by atoms with Crippen LogP contribution in [0.1, 0.15) is 0 Å². The molecule has 0 unspecified atom stereocenters. The topological polar surface area (TPSA) is 28.3 Å². The molecular formula is C54H33BN2O2. The first-order valence-corrected chi connectivity index (χ1v) is 20.2. The number of fused-ring (bicyclic) bond motifs is 10. The van der Waals surface area contributed by atoms with E-state index in [0.717, 1.165) is 72.9 Å². The molecule has 59 heavy (non-hydrogen) atoms. The summed E-state index contributed by atoms with van der Waals surface area (Å²) in [6, 6.07) is 71.7. The first kappa shape index (κ1) is 32.3. The second-order valence-electron chi connectivity index (χ2n) is 15.6. The molecule has 0 atom stereocenters. The van der Waals surface area contributed by atoms with Crippen molar-refractivity contribution < 1.29 is 9.39 Å². The number of rotatable bonds is 4. The highest BCUT2D eigenvalue weighted by molar-refractivity contribution is 6.84. The lowest BCUT2D eigenvalue weighted by molar-refractivity contribution is 0.479. The van der Waals surface area contributed by atoms with Gasteiger partial charge in [0.2, 0.25) is 0 Å². The fraction of sp³-hybridized carbons (Fsp3) is 0. The molecule has 11 aromatic rings. The molecule has 2 aliphatic rings. The molecule has 9 aromatic carbocycles. The molecule has 0 aliphatic carbocycles. The Balaban J connectivity index is 0.909. The number of para-hydroxylation sites is 6. The molecule has 0 radical (unpaired) electrons. The van der Waals surface area contributed by atoms with E-state index in [9.17, 15) is 0 Å². The Morgan fingerprint density at radius 2 is 0.814 bits per heavy atom. The molecule has 4 nitrogen and oxygen atoms in total. The van der Waals surface area contributed by atoms with Gasteiger partial charge in [0.25, 0.3) is 0 Å². The summed E-state index contributed by atoms with van der Waals surface area (Å²) in [5, 5.41) is 4.98. The van der Waals surface area contributed by atoms with E-state index in [1.165, 1.54) is 43.6 Å². The Morgan fingerprint density at radius 3 is 1.39 bits per heavy atom. The van der Waals surface area contributed by atoms with Crippen LogP contribution in [0.3, 0.4) is 0 Å². The van der Waals surface area contributed by atoms with Gasteiger partial charge in [0.15, 0.2) is 0 Å². The van der Waals surface area contributed by atoms with E-state index in [1.807, 2.05) is 0 Å². The highest BCUT2D eigenvalue weighted by atomic mass is 16.5. The van der Waals surface area contributed by atoms with Crippen LogP contribution in [0.15, 0.2) is 200 Å². The summed E-state index contributed by atoms with van der Waals surface area (Å²) < 4.78 is 18.6. The standard InChI is InChI=1S/C54H33BN2O2/c1-7-21-45(56-47-23-9-3-16-38(47)39-17-4-10-24-48(39)56)36(14-1)34-29-31-51-43(32-34)42-20-13-27-52-54(42)55(59-51)44-30-28-35(33-53(44)58-52)37-15-2-8-22-46(37)57-49-25-11-5-18-40(49)41-19-6-12-26-50(41)57/h1-33H. The molecule has 274 valence electrons. The quantitative estimate of drug-likeness (QED) is 0.168. The summed E-state index contributed by atoms with van der Waals surface area (Å²) in [4.78, 5) is 0. The molecule has 0 N–H and O–H groups in total. The second-order valence-corrected chi connectivity index (χ2v) is 15.6. The van der Waals surface area contributed by atoms with E-state index < -0.39 is 0 Å². The number of benzene rings is 9. The molecule has 2 aliphatic heterocycles. The van der Waals surface area contributed by atoms with Crippen LogP contribution in [-0.4, -0.2) is 16.0 Å². The Labute approximate surface area is 340 Å². The minimum Gasteiger partial charge on any atom is -0.551 e. The number of aromatic nitrogens is 2. The van der Waals surface area contributed by atoms with Gasteiger partial charge in [-0.05, 0) is 77.4 Å². The number of nitrogens with zero attached hydrogens (tertiary/aromatic N) is 2. The van der Waals surface area contributed by atoms with E-state index >= 15 is 0 Å². The summed E-state index contributed by atoms with van der Waals surface area (Å²) in [7, 11) is 0. The third-order valence-electron chi connectivity index (χ3n) is 12.4. The molecule has 4 heterocycles. The normalized spacial score (nSPS) is 12.6. The zero-order chi connectivity index (χ0) is 38.6. The van der Waals surface area contributed by atoms with Crippen LogP contribution in [0, 0.1) is 0 Å². The fourth-order valence-corrected chi connectivity index (χ4v) is 9.87. The van der Waals surface area contributed by atoms with Crippen molar-refractivity contribution in [2.24, 2.45) is 0 Å². The lowest BCUT2D eigenvalue weighted by atomic mass is 9.50. The predicted molar refractivity (Wildman–Crippen MR) is 244 cm³/mol. The summed E-state index contributed by atoms with van der Waals surface area (Å²) in [6.07, 6.45) is 0. The Kier molecular flexibility index (Phi) is 6.78. The second kappa shape index (κ2) is 12.4. The van der Waals surface area contributed by atoms with Gasteiger partial charge in [-0.15, -0.1) is 0 Å². The largest absolute Gasteiger partial charge is 0.551 e. The highest BCUT2D eigenvalue weighted by Crippen LogP contribution is 2.44. The van der Waals surface area contributed by atoms with E-state index in [0.29, 0.717) is 0 Å². The van der Waals surface area contributed by atoms with Gasteiger partial charge in [0.05, 0.1) is 33.4 Å². The molecule has 0 spiro atoms. The molecular weight excluding hydrogens is 719 g/mol. The zero-order valence-electron chi connectivity index (χ0n) is 31.8. The molecule has 0 fully saturated rings. The Morgan fingerprint density at radius 1 is 0.339 bits per heavy atom. The molecule has 0 bridgehead atoms. The maximum atomic E-state index is 7.01. The predicted octanol–water partition coefficient (Wildman–Crippen LogP) is 12.5. The average Bonchev–Trinajstić information content (AvgIpc) is 3.82. The van der Waals surface area contributed by atoms with Crippen molar-refractivity contribution in [1.82, 2.24) is 9.13 Å². The molecule has 13 rings (SSSR count). The first-order valence-electron chi connectivity index (χ1n) is 20.2. The van der Waals surface area contributed by atoms with Gasteiger partial charge in [0, 0.05) is 49.2 Å². The van der Waals surface area contributed by atoms with Crippen LogP contribution in [0.5, 0.6) is 17.2 Å². The van der Waals surface area contributed by atoms with Crippen LogP contribution >= 0.6 is 0 Å². The van der Waals surface area contributed by atoms with E-state index in [4.69, 9.17) is 9.39 Å². The third-order valence-corrected chi connectivity index (χ3v) is 12.4. The minimum absolute atomic E-state index is 0.296. The molecule has 0 saturated heterocycles. The Bertz CT molecular complexity index is 3430. The third kappa shape index (κ3) is 4.67. The van der Waals surface area contributed by atoms with E-state index in [2.05, 4.69) is 209 Å². The average molecular weight is 753 g/mol. The van der Waals surface area contributed by atoms with Crippen molar-refractivity contribution in [2.45, 2.75) is 0 Å². The van der Waals surface area contributed by atoms with Crippen LogP contribution in [-0.2, 0) is 0 Å². The molecule has 5 heteroatoms. The Hall–Kier alpha value is -7.76. The first-order chi connectivity index (χ1) is 29.3. The summed E-state index contributed by atoms with van der Waals surface area (Å²) in [6.45, 7) is -0.296. The molecule has 2 aromatic heterocycles. The van der Waals surface area contributed by atoms with Crippen molar-refractivity contribution >= 4 is 61.5 Å². The van der Waals surface area contributed by atoms with Gasteiger partial charge >= 0.3 is 6.92 Å². The van der Waals surface area contributed by atoms with Gasteiger partial charge in [0.1, 0.15) is 17.2 Å². The van der Waals surface area contributed by atoms with Crippen molar-refractivity contribution in [2.75, 3.05) is 0 Å². The molecule has 0 amide bonds. The maximum Gasteiger partial charge on any atom is 0.434 e. The monoisotopic (exact) mass is 752 g/mol. The zero-order valence-corrected chi connectivity index (χ0v) is 31.8. The van der Waals surface area contributed by atoms with Crippen molar-refractivity contribution in [3.8, 4) is 62.0 Å². The lowest BCUT2D eigenvalue weighted by Crippen LogP contribution is -2.53. The maximum absolute atomic E-state index is 7.01. The van der Waals surface area contributed by atoms with Crippen LogP contribution in [0.2, 0.25) is 0 Å². The molecule has 0 saturated carbocycles. The van der Waals surface area contributed by atoms with Gasteiger partial charge in [-0.2, -0.15) is 0 Å². The van der Waals surface area contributed by atoms with Gasteiger partial charge in [-0.3, -0.25) is 0 Å². The van der Waals surface area contributed by atoms with Crippen LogP contribution < -0.4 is 20.3 Å². The minimum atomic E-state index is -0.296. The van der Waals surface area contributed by atoms with Crippen molar-refractivity contribution in [3.05, 3.63) is 200 Å². The number of hydrogen-bond donors (Lipinski definition) is 0. The van der Waals surface area contributed by atoms with Gasteiger partial charge < -0.3 is 18.5 Å². The van der Waals surface area contributed by atoms with Crippen molar-refractivity contribution in [3.63, 3.8) is 0 Å². The van der Waals surface area contributed by atoms with Crippen LogP contribution in [0.25, 0.3) is 88.4 Å². The van der Waals surface area contributed by atoms with Gasteiger partial charge in [-0.1, -0.05) is 140 Å². The summed E-state index contributed by atoms with van der Waals surface area (Å²) >= 11 is 0. The fourth-order valence-electron chi connectivity index (χ4n) is 9.87. The van der Waals surface area contributed by atoms with Crippen molar-refractivity contribution in [1.29, 1.82) is 0 Å². The summed E-state index contributed by atoms with van der Waals surface area (Å²) in [5.74, 6) is 2.51. The van der Waals surface area contributed by atoms with Gasteiger partial charge in [-0.25, -0.2) is 0 Å².